The Morgan fingerprint density at radius 3 is 1.11 bits per heavy atom. The van der Waals surface area contributed by atoms with Crippen LogP contribution in [0.25, 0.3) is 11.4 Å². The molecule has 0 saturated heterocycles. The second kappa shape index (κ2) is 56.9. The number of sulfonamides is 4. The topological polar surface area (TPSA) is 426 Å². The van der Waals surface area contributed by atoms with Gasteiger partial charge in [-0.1, -0.05) is 98.8 Å². The number of benzene rings is 9. The van der Waals surface area contributed by atoms with Crippen LogP contribution in [0, 0.1) is 0 Å². The van der Waals surface area contributed by atoms with Gasteiger partial charge in [0.1, 0.15) is 19.6 Å². The van der Waals surface area contributed by atoms with Crippen molar-refractivity contribution in [2.24, 2.45) is 7.05 Å². The second-order valence-corrected chi connectivity index (χ2v) is 37.6. The molecule has 1 heterocycles. The molecule has 9 aromatic carbocycles. The van der Waals surface area contributed by atoms with E-state index in [9.17, 15) is 62.4 Å². The van der Waals surface area contributed by atoms with Crippen LogP contribution in [0.5, 0.6) is 0 Å². The first-order valence-electron chi connectivity index (χ1n) is 42.0. The molecule has 1 aromatic heterocycles. The van der Waals surface area contributed by atoms with Gasteiger partial charge in [0.25, 0.3) is 5.91 Å². The first-order chi connectivity index (χ1) is 62.4. The van der Waals surface area contributed by atoms with E-state index in [2.05, 4.69) is 68.1 Å². The van der Waals surface area contributed by atoms with E-state index in [1.165, 1.54) is 19.0 Å². The van der Waals surface area contributed by atoms with Gasteiger partial charge in [-0.05, 0) is 177 Å². The van der Waals surface area contributed by atoms with Crippen molar-refractivity contribution >= 4 is 144 Å². The summed E-state index contributed by atoms with van der Waals surface area (Å²) in [6.07, 6.45) is 2.98. The number of hydrogen-bond acceptors (Lipinski definition) is 26. The number of Topliss-reactive ketones (excluding diaryl/α,β-unsaturated/α-hetero) is 2. The number of carbonyl (C=O) groups is 6. The van der Waals surface area contributed by atoms with Gasteiger partial charge in [0.05, 0.1) is 39.2 Å². The van der Waals surface area contributed by atoms with Crippen molar-refractivity contribution in [3.8, 4) is 11.4 Å². The number of aryl methyl sites for hydroxylation is 1. The molecule has 718 valence electrons. The molecule has 0 atom stereocenters. The lowest BCUT2D eigenvalue weighted by Gasteiger charge is -2.25. The molecule has 1 saturated carbocycles. The van der Waals surface area contributed by atoms with Crippen LogP contribution in [0.3, 0.4) is 0 Å². The van der Waals surface area contributed by atoms with Crippen molar-refractivity contribution in [2.75, 3.05) is 219 Å². The number of rotatable bonds is 31. The van der Waals surface area contributed by atoms with E-state index in [1.807, 2.05) is 201 Å². The maximum atomic E-state index is 12.6. The van der Waals surface area contributed by atoms with Crippen molar-refractivity contribution in [3.05, 3.63) is 241 Å². The Bertz CT molecular complexity index is 5770. The molecule has 39 heteroatoms. The number of anilines is 12. The largest absolute Gasteiger partial charge is 0.388 e. The number of hydrogen-bond donors (Lipinski definition) is 10. The average molecular weight is 1900 g/mol. The van der Waals surface area contributed by atoms with Crippen LogP contribution in [-0.2, 0) is 61.5 Å². The Morgan fingerprint density at radius 1 is 0.394 bits per heavy atom. The van der Waals surface area contributed by atoms with Gasteiger partial charge >= 0.3 is 0 Å². The number of para-hydroxylation sites is 1. The van der Waals surface area contributed by atoms with Gasteiger partial charge in [-0.2, -0.15) is 0 Å². The lowest BCUT2D eigenvalue weighted by Crippen LogP contribution is -2.41. The third-order valence-electron chi connectivity index (χ3n) is 19.0. The van der Waals surface area contributed by atoms with Gasteiger partial charge in [0.15, 0.2) is 17.4 Å². The minimum Gasteiger partial charge on any atom is -0.388 e. The molecule has 35 nitrogen and oxygen atoms in total. The molecule has 0 unspecified atom stereocenters. The molecule has 0 spiro atoms. The highest BCUT2D eigenvalue weighted by molar-refractivity contribution is 7.93. The molecule has 0 radical (unpaired) electrons. The van der Waals surface area contributed by atoms with Crippen LogP contribution in [0.4, 0.5) is 68.2 Å². The minimum absolute atomic E-state index is 0.0251. The molecule has 0 aliphatic heterocycles. The van der Waals surface area contributed by atoms with Gasteiger partial charge in [-0.15, -0.1) is 5.10 Å². The standard InChI is InChI=1S/C14H21N3O3S.C13H21N3O3S.C12H19N3O3S.C10H14N2O.C10H13NO.C9H11N5.C9H14N2O2S.C9H11NO.C7H9N/c1-15-11-5-4-6-12(9-11)17(10-14(18)16(2)3)21(19,20)13-7-8-13;1-5-20(18,19)16(10-13(17)15(3)4)12-8-6-7-11(9-12)14-2;1-13-10-6-5-7-11(8-10)15(19(4,17)18)9-12(16)14(2)3;1-11-9-6-4-5-8(7-9)10(13)12(2)3;1-3-10(12)8-5-4-6-9(7-8)11-2;1-10-8-5-3-4-7(6-8)9-11-12-13-14(9)2;1-3-11-14(12,13)9-6-4-5-8(7-9)10-2;1-7(11)8-4-3-5-9(6-8)10-2;1-8-7-5-3-2-4-6-7/h4-6,9,13,15H,7-8,10H2,1-3H3;6-9,14H,5,10H2,1-4H3;5-8,13H,9H2,1-4H3;4-7,11H,1-3H3;4-7,11H,3H2,1-2H3;3-6,10H,1-2H3;4-7,10-11H,3H2,1-2H3;3-6,10H,1-2H3;2-6,8H,1H3. The third-order valence-corrected chi connectivity index (χ3v) is 25.7. The second-order valence-electron chi connectivity index (χ2n) is 29.6. The summed E-state index contributed by atoms with van der Waals surface area (Å²) in [7, 11) is 17.4. The number of tetrazole rings is 1. The summed E-state index contributed by atoms with van der Waals surface area (Å²) in [5.41, 5.74) is 13.0. The molecule has 11 rings (SSSR count). The fraction of sp³-hybridized carbons (Fsp3) is 0.344. The number of ketones is 2. The number of nitrogens with zero attached hydrogens (tertiary/aromatic N) is 11. The van der Waals surface area contributed by atoms with Gasteiger partial charge in [0.2, 0.25) is 57.8 Å². The van der Waals surface area contributed by atoms with Crippen molar-refractivity contribution in [3.63, 3.8) is 0 Å². The fourth-order valence-electron chi connectivity index (χ4n) is 11.0. The maximum Gasteiger partial charge on any atom is 0.253 e. The Kier molecular flexibility index (Phi) is 48.7. The molecule has 1 aliphatic carbocycles. The number of likely N-dealkylation sites (N-methyl/N-ethyl adjacent to an activating group) is 3. The van der Waals surface area contributed by atoms with E-state index in [0.29, 0.717) is 48.4 Å². The Hall–Kier alpha value is -13.4. The first kappa shape index (κ1) is 113. The van der Waals surface area contributed by atoms with Crippen LogP contribution < -0.4 is 65.5 Å². The van der Waals surface area contributed by atoms with Crippen molar-refractivity contribution < 1.29 is 62.4 Å². The van der Waals surface area contributed by atoms with Crippen LogP contribution in [-0.4, -0.2) is 272 Å². The van der Waals surface area contributed by atoms with Gasteiger partial charge in [-0.3, -0.25) is 41.7 Å². The van der Waals surface area contributed by atoms with E-state index in [1.54, 1.807) is 188 Å². The normalized spacial score (nSPS) is 10.9. The zero-order valence-electron chi connectivity index (χ0n) is 79.9. The van der Waals surface area contributed by atoms with E-state index >= 15 is 0 Å². The summed E-state index contributed by atoms with van der Waals surface area (Å²) in [6, 6.07) is 68.0. The van der Waals surface area contributed by atoms with Crippen LogP contribution in [0.1, 0.15) is 78.0 Å². The number of nitrogens with one attached hydrogen (secondary N) is 10. The maximum absolute atomic E-state index is 12.6. The molecule has 0 bridgehead atoms. The Balaban J connectivity index is 0.000000387. The molecular weight excluding hydrogens is 1760 g/mol. The van der Waals surface area contributed by atoms with Crippen LogP contribution >= 0.6 is 0 Å². The first-order valence-corrected chi connectivity index (χ1v) is 48.4. The highest BCUT2D eigenvalue weighted by Gasteiger charge is 2.41. The quantitative estimate of drug-likeness (QED) is 0.0180. The third kappa shape index (κ3) is 38.7. The molecule has 132 heavy (non-hydrogen) atoms. The van der Waals surface area contributed by atoms with Crippen molar-refractivity contribution in [2.45, 2.75) is 57.1 Å². The van der Waals surface area contributed by atoms with Crippen molar-refractivity contribution in [1.29, 1.82) is 0 Å². The molecule has 10 N–H and O–H groups in total. The average Bonchev–Trinajstić information content (AvgIpc) is 1.63. The molecule has 4 amide bonds. The lowest BCUT2D eigenvalue weighted by atomic mass is 10.1. The molecular formula is C93H133N21O14S4. The highest BCUT2D eigenvalue weighted by Crippen LogP contribution is 2.35. The van der Waals surface area contributed by atoms with Gasteiger partial charge < -0.3 is 67.5 Å². The zero-order chi connectivity index (χ0) is 99.1. The SMILES string of the molecule is CCC(=O)c1cccc(NC)c1.CCNS(=O)(=O)c1cccc(NC)c1.CCS(=O)(=O)N(CC(=O)N(C)C)c1cccc(NC)c1.CNc1cccc(-c2nnnn2C)c1.CNc1cccc(C(=O)N(C)C)c1.CNc1cccc(C(C)=O)c1.CNc1cccc(N(CC(=O)N(C)C)S(=O)(=O)C2CC2)c1.CNc1cccc(N(CC(=O)N(C)C)S(C)(=O)=O)c1.CNc1ccccc1. The summed E-state index contributed by atoms with van der Waals surface area (Å²) >= 11 is 0. The van der Waals surface area contributed by atoms with Crippen LogP contribution in [0.2, 0.25) is 0 Å². The summed E-state index contributed by atoms with van der Waals surface area (Å²) in [4.78, 5) is 75.2. The summed E-state index contributed by atoms with van der Waals surface area (Å²) < 4.78 is 104. The zero-order valence-corrected chi connectivity index (χ0v) is 83.1. The smallest absolute Gasteiger partial charge is 0.253 e. The highest BCUT2D eigenvalue weighted by atomic mass is 32.2. The van der Waals surface area contributed by atoms with Crippen molar-refractivity contribution in [1.82, 2.24) is 44.5 Å². The van der Waals surface area contributed by atoms with E-state index < -0.39 is 40.1 Å². The molecule has 1 aliphatic rings. The predicted octanol–water partition coefficient (Wildman–Crippen LogP) is 12.0. The number of amides is 4. The molecule has 10 aromatic rings. The Labute approximate surface area is 781 Å². The fourth-order valence-corrected chi connectivity index (χ4v) is 15.8. The minimum atomic E-state index is -3.51. The summed E-state index contributed by atoms with van der Waals surface area (Å²) in [5.74, 6) is 0.233. The van der Waals surface area contributed by atoms with Crippen LogP contribution in [0.15, 0.2) is 229 Å². The number of aromatic nitrogens is 4. The van der Waals surface area contributed by atoms with E-state index in [4.69, 9.17) is 0 Å². The summed E-state index contributed by atoms with van der Waals surface area (Å²) in [5, 5.41) is 37.8. The summed E-state index contributed by atoms with van der Waals surface area (Å²) in [6.45, 7) is 6.56. The number of carbonyl (C=O) groups excluding carboxylic acids is 6. The monoisotopic (exact) mass is 1900 g/mol. The van der Waals surface area contributed by atoms with E-state index in [-0.39, 0.29) is 70.7 Å². The van der Waals surface area contributed by atoms with Gasteiger partial charge in [-0.25, -0.2) is 43.1 Å². The Morgan fingerprint density at radius 2 is 0.742 bits per heavy atom. The molecule has 1 fully saturated rings. The lowest BCUT2D eigenvalue weighted by molar-refractivity contribution is -0.127. The van der Waals surface area contributed by atoms with Gasteiger partial charge in [0, 0.05) is 213 Å². The van der Waals surface area contributed by atoms with E-state index in [0.717, 1.165) is 88.6 Å². The predicted molar refractivity (Wildman–Crippen MR) is 540 cm³/mol.